The van der Waals surface area contributed by atoms with E-state index < -0.39 is 6.43 Å². The lowest BCUT2D eigenvalue weighted by molar-refractivity contribution is 0.152. The maximum Gasteiger partial charge on any atom is 0.264 e. The predicted molar refractivity (Wildman–Crippen MR) is 79.8 cm³/mol. The van der Waals surface area contributed by atoms with Crippen LogP contribution in [0.2, 0.25) is 0 Å². The Balaban J connectivity index is 2.09. The zero-order valence-electron chi connectivity index (χ0n) is 12.3. The molecule has 112 valence electrons. The van der Waals surface area contributed by atoms with Gasteiger partial charge in [0.1, 0.15) is 0 Å². The van der Waals surface area contributed by atoms with Gasteiger partial charge in [-0.3, -0.25) is 4.68 Å². The van der Waals surface area contributed by atoms with E-state index in [0.29, 0.717) is 5.56 Å². The van der Waals surface area contributed by atoms with Crippen molar-refractivity contribution in [3.63, 3.8) is 0 Å². The normalized spacial score (nSPS) is 14.0. The third kappa shape index (κ3) is 2.52. The summed E-state index contributed by atoms with van der Waals surface area (Å²) in [6.45, 7) is 3.94. The summed E-state index contributed by atoms with van der Waals surface area (Å²) in [6.07, 6.45) is 2.90. The molecule has 0 fully saturated rings. The summed E-state index contributed by atoms with van der Waals surface area (Å²) in [7, 11) is 1.79. The number of rotatable bonds is 4. The third-order valence-electron chi connectivity index (χ3n) is 3.99. The lowest BCUT2D eigenvalue weighted by atomic mass is 9.98. The molecule has 3 rings (SSSR count). The van der Waals surface area contributed by atoms with Gasteiger partial charge in [-0.1, -0.05) is 6.92 Å². The molecule has 2 heterocycles. The van der Waals surface area contributed by atoms with Crippen molar-refractivity contribution in [2.75, 3.05) is 18.0 Å². The first-order valence-electron chi connectivity index (χ1n) is 7.29. The number of fused-ring (bicyclic) bond motifs is 1. The summed E-state index contributed by atoms with van der Waals surface area (Å²) in [6, 6.07) is 3.59. The highest BCUT2D eigenvalue weighted by Gasteiger charge is 2.24. The number of hydrogen-bond acceptors (Lipinski definition) is 2. The van der Waals surface area contributed by atoms with Gasteiger partial charge in [0.05, 0.1) is 6.20 Å². The van der Waals surface area contributed by atoms with E-state index in [0.717, 1.165) is 42.7 Å². The van der Waals surface area contributed by atoms with Gasteiger partial charge in [0.15, 0.2) is 0 Å². The van der Waals surface area contributed by atoms with Crippen LogP contribution in [0.3, 0.4) is 0 Å². The Labute approximate surface area is 123 Å². The molecule has 2 aromatic rings. The second-order valence-corrected chi connectivity index (χ2v) is 5.51. The van der Waals surface area contributed by atoms with E-state index >= 15 is 0 Å². The van der Waals surface area contributed by atoms with Crippen LogP contribution < -0.4 is 4.90 Å². The Bertz CT molecular complexity index is 649. The van der Waals surface area contributed by atoms with E-state index in [4.69, 9.17) is 0 Å². The van der Waals surface area contributed by atoms with Gasteiger partial charge in [-0.2, -0.15) is 5.10 Å². The van der Waals surface area contributed by atoms with Crippen LogP contribution in [0.4, 0.5) is 14.5 Å². The largest absolute Gasteiger partial charge is 0.371 e. The topological polar surface area (TPSA) is 21.1 Å². The lowest BCUT2D eigenvalue weighted by Gasteiger charge is -2.20. The fourth-order valence-electron chi connectivity index (χ4n) is 3.01. The van der Waals surface area contributed by atoms with E-state index in [9.17, 15) is 8.78 Å². The number of benzene rings is 1. The van der Waals surface area contributed by atoms with Crippen LogP contribution in [0.5, 0.6) is 0 Å². The molecule has 21 heavy (non-hydrogen) atoms. The number of nitrogens with zero attached hydrogens (tertiary/aromatic N) is 3. The summed E-state index contributed by atoms with van der Waals surface area (Å²) < 4.78 is 28.6. The Kier molecular flexibility index (Phi) is 3.66. The molecule has 0 saturated heterocycles. The zero-order valence-corrected chi connectivity index (χ0v) is 12.3. The Morgan fingerprint density at radius 3 is 2.76 bits per heavy atom. The molecule has 0 saturated carbocycles. The van der Waals surface area contributed by atoms with E-state index in [2.05, 4.69) is 16.9 Å². The van der Waals surface area contributed by atoms with Gasteiger partial charge in [0.2, 0.25) is 0 Å². The first kappa shape index (κ1) is 14.0. The minimum atomic E-state index is -2.48. The van der Waals surface area contributed by atoms with Crippen molar-refractivity contribution in [1.29, 1.82) is 0 Å². The van der Waals surface area contributed by atoms with Crippen molar-refractivity contribution in [2.45, 2.75) is 26.2 Å². The summed E-state index contributed by atoms with van der Waals surface area (Å²) in [5.74, 6) is 0. The van der Waals surface area contributed by atoms with Crippen molar-refractivity contribution in [3.8, 4) is 11.1 Å². The monoisotopic (exact) mass is 291 g/mol. The fourth-order valence-corrected chi connectivity index (χ4v) is 3.01. The van der Waals surface area contributed by atoms with Crippen molar-refractivity contribution in [1.82, 2.24) is 9.78 Å². The number of aryl methyl sites for hydroxylation is 1. The average Bonchev–Trinajstić information content (AvgIpc) is 3.04. The van der Waals surface area contributed by atoms with Crippen LogP contribution in [-0.2, 0) is 13.5 Å². The van der Waals surface area contributed by atoms with Crippen molar-refractivity contribution < 1.29 is 8.78 Å². The van der Waals surface area contributed by atoms with Gasteiger partial charge in [-0.15, -0.1) is 0 Å². The Morgan fingerprint density at radius 1 is 1.33 bits per heavy atom. The van der Waals surface area contributed by atoms with E-state index in [1.165, 1.54) is 0 Å². The third-order valence-corrected chi connectivity index (χ3v) is 3.99. The first-order valence-corrected chi connectivity index (χ1v) is 7.29. The highest BCUT2D eigenvalue weighted by atomic mass is 19.3. The molecule has 0 unspecified atom stereocenters. The maximum absolute atomic E-state index is 13.5. The molecular weight excluding hydrogens is 272 g/mol. The van der Waals surface area contributed by atoms with Gasteiger partial charge in [0.25, 0.3) is 6.43 Å². The first-order chi connectivity index (χ1) is 10.1. The number of alkyl halides is 2. The standard InChI is InChI=1S/C16H19F2N3/c1-3-5-21-6-4-11-7-13(12-9-19-20(2)10-12)14(16(17)18)8-15(11)21/h7-10,16H,3-6H2,1-2H3. The lowest BCUT2D eigenvalue weighted by Crippen LogP contribution is -2.21. The van der Waals surface area contributed by atoms with Crippen LogP contribution >= 0.6 is 0 Å². The minimum Gasteiger partial charge on any atom is -0.371 e. The number of aromatic nitrogens is 2. The molecule has 0 amide bonds. The van der Waals surface area contributed by atoms with Gasteiger partial charge in [-0.05, 0) is 36.1 Å². The minimum absolute atomic E-state index is 0.102. The van der Waals surface area contributed by atoms with Crippen LogP contribution in [0, 0.1) is 0 Å². The summed E-state index contributed by atoms with van der Waals surface area (Å²) in [5, 5.41) is 4.09. The maximum atomic E-state index is 13.5. The average molecular weight is 291 g/mol. The highest BCUT2D eigenvalue weighted by molar-refractivity contribution is 5.74. The molecule has 1 aliphatic rings. The van der Waals surface area contributed by atoms with E-state index in [1.807, 2.05) is 6.07 Å². The molecule has 0 atom stereocenters. The Morgan fingerprint density at radius 2 is 2.14 bits per heavy atom. The highest BCUT2D eigenvalue weighted by Crippen LogP contribution is 2.39. The second-order valence-electron chi connectivity index (χ2n) is 5.51. The van der Waals surface area contributed by atoms with Gasteiger partial charge in [0, 0.05) is 43.1 Å². The number of anilines is 1. The quantitative estimate of drug-likeness (QED) is 0.854. The van der Waals surface area contributed by atoms with Gasteiger partial charge in [-0.25, -0.2) is 8.78 Å². The smallest absolute Gasteiger partial charge is 0.264 e. The molecular formula is C16H19F2N3. The zero-order chi connectivity index (χ0) is 15.0. The van der Waals surface area contributed by atoms with E-state index in [-0.39, 0.29) is 5.56 Å². The van der Waals surface area contributed by atoms with E-state index in [1.54, 1.807) is 30.2 Å². The van der Waals surface area contributed by atoms with Gasteiger partial charge < -0.3 is 4.90 Å². The van der Waals surface area contributed by atoms with Crippen molar-refractivity contribution in [3.05, 3.63) is 35.7 Å². The van der Waals surface area contributed by atoms with Gasteiger partial charge >= 0.3 is 0 Å². The molecule has 3 nitrogen and oxygen atoms in total. The summed E-state index contributed by atoms with van der Waals surface area (Å²) >= 11 is 0. The summed E-state index contributed by atoms with van der Waals surface area (Å²) in [4.78, 5) is 2.20. The van der Waals surface area contributed by atoms with Crippen LogP contribution in [-0.4, -0.2) is 22.9 Å². The molecule has 0 spiro atoms. The molecule has 0 bridgehead atoms. The molecule has 0 N–H and O–H groups in total. The molecule has 1 aliphatic heterocycles. The SMILES string of the molecule is CCCN1CCc2cc(-c3cnn(C)c3)c(C(F)F)cc21. The van der Waals surface area contributed by atoms with Crippen molar-refractivity contribution >= 4 is 5.69 Å². The molecule has 1 aromatic heterocycles. The van der Waals surface area contributed by atoms with Crippen molar-refractivity contribution in [2.24, 2.45) is 7.05 Å². The molecule has 0 aliphatic carbocycles. The summed E-state index contributed by atoms with van der Waals surface area (Å²) in [5.41, 5.74) is 3.59. The molecule has 1 aromatic carbocycles. The number of hydrogen-bond donors (Lipinski definition) is 0. The fraction of sp³-hybridized carbons (Fsp3) is 0.438. The predicted octanol–water partition coefficient (Wildman–Crippen LogP) is 3.80. The van der Waals surface area contributed by atoms with Crippen LogP contribution in [0.15, 0.2) is 24.5 Å². The van der Waals surface area contributed by atoms with Crippen LogP contribution in [0.25, 0.3) is 11.1 Å². The molecule has 5 heteroatoms. The number of halogens is 2. The van der Waals surface area contributed by atoms with Crippen LogP contribution in [0.1, 0.15) is 30.9 Å². The molecule has 0 radical (unpaired) electrons. The Hall–Kier alpha value is -1.91. The second kappa shape index (κ2) is 5.47.